The van der Waals surface area contributed by atoms with E-state index >= 15 is 0 Å². The molecule has 7 heteroatoms. The maximum absolute atomic E-state index is 10.4. The molecule has 0 saturated heterocycles. The van der Waals surface area contributed by atoms with E-state index in [-0.39, 0.29) is 36.2 Å². The van der Waals surface area contributed by atoms with Crippen LogP contribution in [0, 0.1) is 11.8 Å². The van der Waals surface area contributed by atoms with Gasteiger partial charge in [0.25, 0.3) is 0 Å². The number of unbranched alkanes of at least 4 members (excludes halogenated alkanes) is 2. The Balaban J connectivity index is 0.000000651. The molecule has 0 saturated carbocycles. The molecule has 4 aromatic carbocycles. The fraction of sp³-hybridized carbons (Fsp3) is 0.395. The summed E-state index contributed by atoms with van der Waals surface area (Å²) in [4.78, 5) is 20.9. The number of carboxylic acids is 2. The molecule has 50 heavy (non-hydrogen) atoms. The first-order chi connectivity index (χ1) is 23.7. The molecular weight excluding hydrogens is 701 g/mol. The van der Waals surface area contributed by atoms with Crippen molar-refractivity contribution in [2.24, 2.45) is 11.8 Å². The van der Waals surface area contributed by atoms with Crippen LogP contribution < -0.4 is 21.2 Å². The topological polar surface area (TPSA) is 74.6 Å². The van der Waals surface area contributed by atoms with Gasteiger partial charge in [0.15, 0.2) is 0 Å². The third-order valence-electron chi connectivity index (χ3n) is 7.92. The van der Waals surface area contributed by atoms with Crippen LogP contribution in [0.25, 0.3) is 0 Å². The molecule has 276 valence electrons. The Bertz CT molecular complexity index is 1270. The van der Waals surface area contributed by atoms with Gasteiger partial charge in [-0.15, -0.1) is 0 Å². The number of carbonyl (C=O) groups is 2. The third kappa shape index (κ3) is 20.8. The summed E-state index contributed by atoms with van der Waals surface area (Å²) in [6.45, 7) is 12.6. The summed E-state index contributed by atoms with van der Waals surface area (Å²) in [6, 6.07) is 42.9. The second-order valence-corrected chi connectivity index (χ2v) is 16.4. The molecule has 2 unspecified atom stereocenters. The summed E-state index contributed by atoms with van der Waals surface area (Å²) in [6.07, 6.45) is 7.43. The average molecular weight is 762 g/mol. The third-order valence-corrected chi connectivity index (χ3v) is 11.9. The molecule has 2 N–H and O–H groups in total. The molecule has 0 spiro atoms. The van der Waals surface area contributed by atoms with Gasteiger partial charge in [-0.3, -0.25) is 9.59 Å². The molecule has 0 radical (unpaired) electrons. The van der Waals surface area contributed by atoms with Crippen molar-refractivity contribution in [2.75, 3.05) is 0 Å². The van der Waals surface area contributed by atoms with Gasteiger partial charge < -0.3 is 10.2 Å². The first kappa shape index (κ1) is 47.2. The zero-order chi connectivity index (χ0) is 36.3. The maximum Gasteiger partial charge on any atom is 0.306 e. The zero-order valence-corrected chi connectivity index (χ0v) is 33.8. The molecule has 4 aromatic rings. The van der Waals surface area contributed by atoms with Gasteiger partial charge in [-0.1, -0.05) is 197 Å². The van der Waals surface area contributed by atoms with Gasteiger partial charge in [0.1, 0.15) is 0 Å². The molecule has 0 aliphatic heterocycles. The van der Waals surface area contributed by atoms with Gasteiger partial charge in [-0.2, -0.15) is 0 Å². The van der Waals surface area contributed by atoms with E-state index in [4.69, 9.17) is 10.2 Å². The van der Waals surface area contributed by atoms with Gasteiger partial charge in [0.2, 0.25) is 0 Å². The molecule has 0 amide bonds. The number of hydrogen-bond donors (Lipinski definition) is 2. The van der Waals surface area contributed by atoms with Crippen molar-refractivity contribution in [2.45, 2.75) is 98.6 Å². The smallest absolute Gasteiger partial charge is 0.306 e. The van der Waals surface area contributed by atoms with E-state index in [1.165, 1.54) is 21.2 Å². The minimum atomic E-state index is -0.643. The second-order valence-electron chi connectivity index (χ2n) is 12.2. The van der Waals surface area contributed by atoms with Crippen molar-refractivity contribution in [3.05, 3.63) is 121 Å². The van der Waals surface area contributed by atoms with E-state index in [0.29, 0.717) is 5.66 Å². The molecule has 0 aromatic heterocycles. The molecule has 0 bridgehead atoms. The summed E-state index contributed by atoms with van der Waals surface area (Å²) in [5.74, 6) is -1.51. The average Bonchev–Trinajstić information content (AvgIpc) is 3.11. The first-order valence-electron chi connectivity index (χ1n) is 17.9. The van der Waals surface area contributed by atoms with Gasteiger partial charge in [-0.25, -0.2) is 0 Å². The summed E-state index contributed by atoms with van der Waals surface area (Å²) >= 11 is 0. The van der Waals surface area contributed by atoms with Crippen LogP contribution in [0.5, 0.6) is 0 Å². The van der Waals surface area contributed by atoms with Crippen molar-refractivity contribution >= 4 is 49.7 Å². The molecule has 0 aliphatic carbocycles. The monoisotopic (exact) mass is 760 g/mol. The second kappa shape index (κ2) is 29.9. The Hall–Kier alpha value is -2.83. The van der Waals surface area contributed by atoms with Gasteiger partial charge in [-0.05, 0) is 60.5 Å². The van der Waals surface area contributed by atoms with Crippen LogP contribution in [0.4, 0.5) is 0 Å². The normalized spacial score (nSPS) is 11.3. The summed E-state index contributed by atoms with van der Waals surface area (Å²) in [5, 5.41) is 22.9. The molecular formula is C43H60NiO4P2. The number of aliphatic carboxylic acids is 2. The number of benzene rings is 4. The predicted molar refractivity (Wildman–Crippen MR) is 217 cm³/mol. The van der Waals surface area contributed by atoms with Gasteiger partial charge in [0.05, 0.1) is 11.8 Å². The molecule has 2 atom stereocenters. The van der Waals surface area contributed by atoms with Crippen molar-refractivity contribution < 1.29 is 36.3 Å². The van der Waals surface area contributed by atoms with E-state index in [0.717, 1.165) is 59.9 Å². The molecule has 0 fully saturated rings. The van der Waals surface area contributed by atoms with E-state index in [1.54, 1.807) is 0 Å². The minimum absolute atomic E-state index is 0. The van der Waals surface area contributed by atoms with Crippen LogP contribution in [0.15, 0.2) is 121 Å². The van der Waals surface area contributed by atoms with Crippen LogP contribution in [-0.4, -0.2) is 27.8 Å². The summed E-state index contributed by atoms with van der Waals surface area (Å²) in [7, 11) is 0.567. The Morgan fingerprint density at radius 3 is 1.10 bits per heavy atom. The zero-order valence-electron chi connectivity index (χ0n) is 30.9. The number of hydrogen-bond acceptors (Lipinski definition) is 2. The number of carboxylic acid groups (broad SMARTS) is 2. The van der Waals surface area contributed by atoms with E-state index in [9.17, 15) is 9.59 Å². The Morgan fingerprint density at radius 2 is 0.860 bits per heavy atom. The van der Waals surface area contributed by atoms with Crippen molar-refractivity contribution in [3.8, 4) is 0 Å². The van der Waals surface area contributed by atoms with Crippen LogP contribution in [0.3, 0.4) is 0 Å². The van der Waals surface area contributed by atoms with Crippen LogP contribution >= 0.6 is 16.5 Å². The fourth-order valence-electron chi connectivity index (χ4n) is 5.04. The summed E-state index contributed by atoms with van der Waals surface area (Å²) < 4.78 is 0. The summed E-state index contributed by atoms with van der Waals surface area (Å²) in [5.41, 5.74) is 0.680. The SMILES string of the molecule is CC(C)P(c1ccccc1)c1ccccc1.CCCCC(CC)C(=O)O.CCCCC(CC)C(=O)O.[Ni].c1ccc(Pc2ccccc2)cc1. The molecule has 4 nitrogen and oxygen atoms in total. The van der Waals surface area contributed by atoms with Crippen molar-refractivity contribution in [1.29, 1.82) is 0 Å². The van der Waals surface area contributed by atoms with Crippen LogP contribution in [0.1, 0.15) is 92.9 Å². The Labute approximate surface area is 316 Å². The van der Waals surface area contributed by atoms with Crippen molar-refractivity contribution in [1.82, 2.24) is 0 Å². The van der Waals surface area contributed by atoms with Gasteiger partial charge >= 0.3 is 11.9 Å². The van der Waals surface area contributed by atoms with Crippen molar-refractivity contribution in [3.63, 3.8) is 0 Å². The molecule has 0 heterocycles. The van der Waals surface area contributed by atoms with Crippen LogP contribution in [-0.2, 0) is 26.1 Å². The standard InChI is InChI=1S/C15H17P.C12H11P.2C8H16O2.Ni/c1-13(2)16(14-9-5-3-6-10-14)15-11-7-4-8-12-15;1-3-7-11(8-4-1)13-12-9-5-2-6-10-12;2*1-3-5-6-7(4-2)8(9)10;/h3-13H,1-2H3;1-10,13H;2*7H,3-6H2,1-2H3,(H,9,10);. The van der Waals surface area contributed by atoms with Crippen LogP contribution in [0.2, 0.25) is 0 Å². The predicted octanol–water partition coefficient (Wildman–Crippen LogP) is 10.4. The fourth-order valence-corrected chi connectivity index (χ4v) is 8.57. The molecule has 0 aliphatic rings. The minimum Gasteiger partial charge on any atom is -0.481 e. The Morgan fingerprint density at radius 1 is 0.560 bits per heavy atom. The van der Waals surface area contributed by atoms with E-state index in [1.807, 2.05) is 13.8 Å². The molecule has 4 rings (SSSR count). The Kier molecular flexibility index (Phi) is 28.2. The van der Waals surface area contributed by atoms with E-state index < -0.39 is 11.9 Å². The largest absolute Gasteiger partial charge is 0.481 e. The van der Waals surface area contributed by atoms with Gasteiger partial charge in [0, 0.05) is 16.5 Å². The van der Waals surface area contributed by atoms with E-state index in [2.05, 4.69) is 149 Å². The first-order valence-corrected chi connectivity index (χ1v) is 20.3. The quantitative estimate of drug-likeness (QED) is 0.0935. The maximum atomic E-state index is 10.4. The number of rotatable bonds is 15.